The van der Waals surface area contributed by atoms with Gasteiger partial charge in [0.25, 0.3) is 0 Å². The van der Waals surface area contributed by atoms with Crippen LogP contribution in [0.15, 0.2) is 65.7 Å². The van der Waals surface area contributed by atoms with Crippen LogP contribution in [0.25, 0.3) is 10.8 Å². The van der Waals surface area contributed by atoms with E-state index < -0.39 is 6.04 Å². The van der Waals surface area contributed by atoms with Crippen molar-refractivity contribution in [1.82, 2.24) is 4.90 Å². The van der Waals surface area contributed by atoms with Crippen LogP contribution in [0.5, 0.6) is 0 Å². The monoisotopic (exact) mass is 433 g/mol. The maximum atomic E-state index is 13.1. The number of anilines is 1. The van der Waals surface area contributed by atoms with Gasteiger partial charge in [-0.1, -0.05) is 54.1 Å². The lowest BCUT2D eigenvalue weighted by Gasteiger charge is -2.32. The Morgan fingerprint density at radius 3 is 2.61 bits per heavy atom. The number of carbonyl (C=O) groups is 1. The van der Waals surface area contributed by atoms with E-state index in [0.29, 0.717) is 37.4 Å². The van der Waals surface area contributed by atoms with Crippen molar-refractivity contribution in [2.75, 3.05) is 18.4 Å². The summed E-state index contributed by atoms with van der Waals surface area (Å²) in [6.07, 6.45) is 1.60. The molecule has 5 rings (SSSR count). The van der Waals surface area contributed by atoms with Gasteiger partial charge in [-0.3, -0.25) is 9.79 Å². The topological polar surface area (TPSA) is 64.9 Å². The zero-order valence-electron chi connectivity index (χ0n) is 17.1. The standard InChI is InChI=1S/C25H24ClN3O2/c26-19-7-8-22-21(15-19)24(29-11-9-20(30)10-12-29)27-23(25(31)28-22)14-16-5-6-17-3-1-2-4-18(17)13-16/h1-8,13,15,20,23,30H,9-12,14H2,(H,28,31). The summed E-state index contributed by atoms with van der Waals surface area (Å²) in [6, 6.07) is 19.4. The molecule has 0 aromatic heterocycles. The molecule has 1 unspecified atom stereocenters. The summed E-state index contributed by atoms with van der Waals surface area (Å²) < 4.78 is 0. The van der Waals surface area contributed by atoms with Crippen molar-refractivity contribution in [3.63, 3.8) is 0 Å². The number of fused-ring (bicyclic) bond motifs is 2. The van der Waals surface area contributed by atoms with E-state index in [9.17, 15) is 9.90 Å². The first kappa shape index (κ1) is 20.0. The number of aliphatic imine (C=N–C) groups is 1. The minimum atomic E-state index is -0.547. The maximum absolute atomic E-state index is 13.1. The van der Waals surface area contributed by atoms with Gasteiger partial charge in [0.15, 0.2) is 0 Å². The predicted molar refractivity (Wildman–Crippen MR) is 125 cm³/mol. The van der Waals surface area contributed by atoms with Crippen molar-refractivity contribution in [1.29, 1.82) is 0 Å². The fourth-order valence-electron chi connectivity index (χ4n) is 4.36. The summed E-state index contributed by atoms with van der Waals surface area (Å²) in [5, 5.41) is 15.9. The first-order valence-corrected chi connectivity index (χ1v) is 11.0. The molecule has 6 heteroatoms. The summed E-state index contributed by atoms with van der Waals surface area (Å²) in [5.74, 6) is 0.650. The summed E-state index contributed by atoms with van der Waals surface area (Å²) in [4.78, 5) is 20.2. The van der Waals surface area contributed by atoms with Crippen LogP contribution in [-0.2, 0) is 11.2 Å². The molecule has 0 aliphatic carbocycles. The maximum Gasteiger partial charge on any atom is 0.249 e. The van der Waals surface area contributed by atoms with Crippen LogP contribution < -0.4 is 5.32 Å². The minimum Gasteiger partial charge on any atom is -0.393 e. The minimum absolute atomic E-state index is 0.122. The number of benzodiazepines with no additional fused rings is 1. The molecule has 2 N–H and O–H groups in total. The Labute approximate surface area is 186 Å². The first-order chi connectivity index (χ1) is 15.1. The van der Waals surface area contributed by atoms with Crippen LogP contribution in [0.1, 0.15) is 24.0 Å². The fourth-order valence-corrected chi connectivity index (χ4v) is 4.53. The van der Waals surface area contributed by atoms with Gasteiger partial charge in [-0.2, -0.15) is 0 Å². The highest BCUT2D eigenvalue weighted by molar-refractivity contribution is 6.31. The molecular weight excluding hydrogens is 410 g/mol. The highest BCUT2D eigenvalue weighted by Crippen LogP contribution is 2.28. The molecule has 31 heavy (non-hydrogen) atoms. The molecule has 1 amide bonds. The second-order valence-electron chi connectivity index (χ2n) is 8.25. The van der Waals surface area contributed by atoms with Crippen molar-refractivity contribution in [2.45, 2.75) is 31.4 Å². The number of halogens is 1. The molecule has 0 saturated carbocycles. The molecule has 5 nitrogen and oxygen atoms in total. The van der Waals surface area contributed by atoms with E-state index in [-0.39, 0.29) is 12.0 Å². The molecule has 0 spiro atoms. The van der Waals surface area contributed by atoms with E-state index >= 15 is 0 Å². The average Bonchev–Trinajstić information content (AvgIpc) is 2.91. The van der Waals surface area contributed by atoms with Crippen LogP contribution in [0.2, 0.25) is 5.02 Å². The van der Waals surface area contributed by atoms with Gasteiger partial charge in [0.2, 0.25) is 5.91 Å². The summed E-state index contributed by atoms with van der Waals surface area (Å²) in [6.45, 7) is 1.39. The van der Waals surface area contributed by atoms with Gasteiger partial charge < -0.3 is 15.3 Å². The molecule has 158 valence electrons. The third-order valence-electron chi connectivity index (χ3n) is 6.07. The number of nitrogens with zero attached hydrogens (tertiary/aromatic N) is 2. The number of piperidine rings is 1. The Balaban J connectivity index is 1.52. The number of carbonyl (C=O) groups excluding carboxylic acids is 1. The molecule has 0 bridgehead atoms. The molecule has 2 aliphatic heterocycles. The zero-order chi connectivity index (χ0) is 21.4. The van der Waals surface area contributed by atoms with Crippen LogP contribution in [0, 0.1) is 0 Å². The van der Waals surface area contributed by atoms with E-state index in [1.807, 2.05) is 24.3 Å². The molecule has 3 aromatic carbocycles. The lowest BCUT2D eigenvalue weighted by atomic mass is 10.0. The van der Waals surface area contributed by atoms with Crippen molar-refractivity contribution in [3.8, 4) is 0 Å². The van der Waals surface area contributed by atoms with E-state index in [1.165, 1.54) is 5.39 Å². The smallest absolute Gasteiger partial charge is 0.249 e. The molecule has 3 aromatic rings. The summed E-state index contributed by atoms with van der Waals surface area (Å²) >= 11 is 6.29. The third-order valence-corrected chi connectivity index (χ3v) is 6.30. The molecule has 1 fully saturated rings. The van der Waals surface area contributed by atoms with Gasteiger partial charge in [0.05, 0.1) is 11.8 Å². The Morgan fingerprint density at radius 2 is 1.81 bits per heavy atom. The normalized spacial score (nSPS) is 19.5. The average molecular weight is 434 g/mol. The Bertz CT molecular complexity index is 1170. The Morgan fingerprint density at radius 1 is 1.03 bits per heavy atom. The number of aliphatic hydroxyl groups is 1. The number of hydrogen-bond acceptors (Lipinski definition) is 4. The number of nitrogens with one attached hydrogen (secondary N) is 1. The van der Waals surface area contributed by atoms with E-state index in [2.05, 4.69) is 40.5 Å². The van der Waals surface area contributed by atoms with E-state index in [1.54, 1.807) is 6.07 Å². The lowest BCUT2D eigenvalue weighted by molar-refractivity contribution is -0.117. The highest BCUT2D eigenvalue weighted by Gasteiger charge is 2.30. The van der Waals surface area contributed by atoms with E-state index in [0.717, 1.165) is 28.0 Å². The van der Waals surface area contributed by atoms with Gasteiger partial charge in [-0.05, 0) is 47.4 Å². The van der Waals surface area contributed by atoms with E-state index in [4.69, 9.17) is 16.6 Å². The molecule has 2 aliphatic rings. The number of aliphatic hydroxyl groups excluding tert-OH is 1. The number of hydrogen-bond donors (Lipinski definition) is 2. The molecule has 1 saturated heterocycles. The number of rotatable bonds is 2. The second kappa shape index (κ2) is 8.33. The van der Waals surface area contributed by atoms with Crippen molar-refractivity contribution >= 4 is 39.8 Å². The fraction of sp³-hybridized carbons (Fsp3) is 0.280. The molecule has 1 atom stereocenters. The third kappa shape index (κ3) is 4.16. The largest absolute Gasteiger partial charge is 0.393 e. The Hall–Kier alpha value is -2.89. The van der Waals surface area contributed by atoms with Crippen LogP contribution in [-0.4, -0.2) is 47.0 Å². The van der Waals surface area contributed by atoms with Crippen molar-refractivity contribution in [3.05, 3.63) is 76.8 Å². The number of benzene rings is 3. The highest BCUT2D eigenvalue weighted by atomic mass is 35.5. The lowest BCUT2D eigenvalue weighted by Crippen LogP contribution is -2.41. The number of amidine groups is 1. The molecule has 2 heterocycles. The summed E-state index contributed by atoms with van der Waals surface area (Å²) in [5.41, 5.74) is 2.62. The van der Waals surface area contributed by atoms with Gasteiger partial charge in [0.1, 0.15) is 11.9 Å². The van der Waals surface area contributed by atoms with Gasteiger partial charge in [-0.25, -0.2) is 0 Å². The SMILES string of the molecule is O=C1Nc2ccc(Cl)cc2C(N2CCC(O)CC2)=NC1Cc1ccc2ccccc2c1. The van der Waals surface area contributed by atoms with Crippen molar-refractivity contribution in [2.24, 2.45) is 4.99 Å². The predicted octanol–water partition coefficient (Wildman–Crippen LogP) is 4.26. The van der Waals surface area contributed by atoms with Gasteiger partial charge >= 0.3 is 0 Å². The van der Waals surface area contributed by atoms with Gasteiger partial charge in [0, 0.05) is 30.1 Å². The van der Waals surface area contributed by atoms with Crippen LogP contribution >= 0.6 is 11.6 Å². The first-order valence-electron chi connectivity index (χ1n) is 10.7. The Kier molecular flexibility index (Phi) is 5.38. The quantitative estimate of drug-likeness (QED) is 0.634. The van der Waals surface area contributed by atoms with Crippen LogP contribution in [0.3, 0.4) is 0 Å². The second-order valence-corrected chi connectivity index (χ2v) is 8.69. The number of amides is 1. The van der Waals surface area contributed by atoms with Crippen LogP contribution in [0.4, 0.5) is 5.69 Å². The molecule has 0 radical (unpaired) electrons. The summed E-state index contributed by atoms with van der Waals surface area (Å²) in [7, 11) is 0. The number of likely N-dealkylation sites (tertiary alicyclic amines) is 1. The zero-order valence-corrected chi connectivity index (χ0v) is 17.8. The van der Waals surface area contributed by atoms with Crippen molar-refractivity contribution < 1.29 is 9.90 Å². The molecular formula is C25H24ClN3O2. The van der Waals surface area contributed by atoms with Gasteiger partial charge in [-0.15, -0.1) is 0 Å².